The molecule has 1 N–H and O–H groups in total. The third-order valence-corrected chi connectivity index (χ3v) is 10.3. The molecular weight excluding hydrogens is 311 g/mol. The van der Waals surface area contributed by atoms with Crippen molar-refractivity contribution in [3.8, 4) is 0 Å². The van der Waals surface area contributed by atoms with Crippen molar-refractivity contribution in [2.45, 2.75) is 0 Å². The van der Waals surface area contributed by atoms with Gasteiger partial charge in [-0.2, -0.15) is 0 Å². The number of hydrogen-bond donors (Lipinski definition) is 1. The van der Waals surface area contributed by atoms with Crippen LogP contribution in [0.3, 0.4) is 0 Å². The van der Waals surface area contributed by atoms with Crippen LogP contribution in [-0.2, 0) is 0 Å². The summed E-state index contributed by atoms with van der Waals surface area (Å²) in [4.78, 5) is 2.13. The Hall–Kier alpha value is 0.730. The molecule has 98 valence electrons. The molecule has 0 saturated carbocycles. The van der Waals surface area contributed by atoms with Gasteiger partial charge in [-0.1, -0.05) is 0 Å². The summed E-state index contributed by atoms with van der Waals surface area (Å²) in [5, 5.41) is 0. The first-order valence-electron chi connectivity index (χ1n) is 4.02. The van der Waals surface area contributed by atoms with Crippen LogP contribution in [-0.4, -0.2) is 20.0 Å². The summed E-state index contributed by atoms with van der Waals surface area (Å²) < 4.78 is 71.9. The van der Waals surface area contributed by atoms with E-state index in [0.717, 1.165) is 0 Å². The van der Waals surface area contributed by atoms with Gasteiger partial charge in [0.25, 0.3) is 0 Å². The Morgan fingerprint density at radius 2 is 1.25 bits per heavy atom. The zero-order chi connectivity index (χ0) is 12.8. The first-order chi connectivity index (χ1) is 6.83. The molecule has 4 nitrogen and oxygen atoms in total. The first-order valence-corrected chi connectivity index (χ1v) is 12.1. The van der Waals surface area contributed by atoms with Gasteiger partial charge in [-0.05, 0) is 0 Å². The fourth-order valence-corrected chi connectivity index (χ4v) is 10.2. The number of nitrogens with one attached hydrogen (secondary N) is 1. The molecule has 1 aliphatic rings. The molecule has 1 heterocycles. The molecule has 1 unspecified atom stereocenters. The Morgan fingerprint density at radius 1 is 0.812 bits per heavy atom. The minimum absolute atomic E-state index is 1.58. The summed E-state index contributed by atoms with van der Waals surface area (Å²) in [6, 6.07) is 0. The average molecular weight is 322 g/mol. The van der Waals surface area contributed by atoms with Crippen LogP contribution in [0.4, 0.5) is 21.0 Å². The topological polar surface area (TPSA) is 49.1 Å². The third kappa shape index (κ3) is 4.54. The molecule has 16 heavy (non-hydrogen) atoms. The van der Waals surface area contributed by atoms with Crippen LogP contribution < -0.4 is 4.86 Å². The van der Waals surface area contributed by atoms with Crippen molar-refractivity contribution in [2.75, 3.05) is 20.0 Å². The van der Waals surface area contributed by atoms with Crippen LogP contribution in [0, 0.1) is 0 Å². The molecule has 0 aromatic heterocycles. The van der Waals surface area contributed by atoms with Crippen LogP contribution in [0.15, 0.2) is 13.5 Å². The average Bonchev–Trinajstić information content (AvgIpc) is 1.66. The van der Waals surface area contributed by atoms with Gasteiger partial charge in [0.15, 0.2) is 0 Å². The van der Waals surface area contributed by atoms with E-state index in [4.69, 9.17) is 0 Å². The van der Waals surface area contributed by atoms with Crippen LogP contribution in [0.5, 0.6) is 0 Å². The number of halogens is 5. The first kappa shape index (κ1) is 14.8. The molecule has 0 aliphatic carbocycles. The summed E-state index contributed by atoms with van der Waals surface area (Å²) in [6.45, 7) is 4.74. The standard InChI is InChI=1S/C3H11F5N4P4/c1-13(2,3)9-16(8)11-14(4,5)10-15(6,7)12-16/h9,13H,1-3H3. The van der Waals surface area contributed by atoms with Gasteiger partial charge in [-0.15, -0.1) is 0 Å². The Balaban J connectivity index is 3.32. The predicted octanol–water partition coefficient (Wildman–Crippen LogP) is 5.83. The van der Waals surface area contributed by atoms with Crippen molar-refractivity contribution in [3.63, 3.8) is 0 Å². The van der Waals surface area contributed by atoms with Gasteiger partial charge in [-0.3, -0.25) is 0 Å². The molecule has 0 aromatic rings. The molecule has 1 atom stereocenters. The molecular formula is C3H11F5N4P4. The van der Waals surface area contributed by atoms with Gasteiger partial charge in [0.2, 0.25) is 0 Å². The molecule has 0 fully saturated rings. The van der Waals surface area contributed by atoms with Crippen LogP contribution in [0.2, 0.25) is 0 Å². The van der Waals surface area contributed by atoms with E-state index in [1.165, 1.54) is 0 Å². The van der Waals surface area contributed by atoms with Crippen molar-refractivity contribution < 1.29 is 21.0 Å². The predicted molar refractivity (Wildman–Crippen MR) is 62.8 cm³/mol. The maximum absolute atomic E-state index is 13.8. The van der Waals surface area contributed by atoms with Gasteiger partial charge in [0.1, 0.15) is 0 Å². The van der Waals surface area contributed by atoms with Gasteiger partial charge < -0.3 is 0 Å². The van der Waals surface area contributed by atoms with Gasteiger partial charge >= 0.3 is 90.1 Å². The molecule has 0 radical (unpaired) electrons. The zero-order valence-corrected chi connectivity index (χ0v) is 12.3. The Kier molecular flexibility index (Phi) is 3.82. The summed E-state index contributed by atoms with van der Waals surface area (Å²) in [5.41, 5.74) is 0. The van der Waals surface area contributed by atoms with E-state index in [1.807, 2.05) is 4.52 Å². The molecule has 1 aliphatic heterocycles. The third-order valence-electron chi connectivity index (χ3n) is 1.15. The zero-order valence-electron chi connectivity index (χ0n) is 8.57. The summed E-state index contributed by atoms with van der Waals surface area (Å²) in [7, 11) is -18.2. The van der Waals surface area contributed by atoms with E-state index in [2.05, 4.69) is 13.9 Å². The van der Waals surface area contributed by atoms with Crippen molar-refractivity contribution in [1.29, 1.82) is 0 Å². The van der Waals surface area contributed by atoms with E-state index < -0.39 is 30.7 Å². The molecule has 0 saturated heterocycles. The Bertz CT molecular complexity index is 445. The van der Waals surface area contributed by atoms with Gasteiger partial charge in [0, 0.05) is 0 Å². The van der Waals surface area contributed by atoms with Crippen LogP contribution in [0.25, 0.3) is 0 Å². The van der Waals surface area contributed by atoms with E-state index in [0.29, 0.717) is 0 Å². The van der Waals surface area contributed by atoms with Gasteiger partial charge in [0.05, 0.1) is 0 Å². The molecule has 1 rings (SSSR count). The molecule has 0 amide bonds. The van der Waals surface area contributed by atoms with E-state index in [1.54, 1.807) is 20.0 Å². The monoisotopic (exact) mass is 322 g/mol. The molecule has 13 heteroatoms. The Labute approximate surface area is 90.8 Å². The molecule has 0 bridgehead atoms. The van der Waals surface area contributed by atoms with Crippen molar-refractivity contribution in [3.05, 3.63) is 0 Å². The second-order valence-electron chi connectivity index (χ2n) is 4.07. The molecule has 0 aromatic carbocycles. The SMILES string of the molecule is C[PH](C)(C)NP1(F)=NP(F)(F)=NP(F)(F)=N1. The second kappa shape index (κ2) is 4.13. The summed E-state index contributed by atoms with van der Waals surface area (Å²) >= 11 is 0. The molecule has 0 spiro atoms. The summed E-state index contributed by atoms with van der Waals surface area (Å²) in [6.07, 6.45) is 0. The van der Waals surface area contributed by atoms with Crippen molar-refractivity contribution in [1.82, 2.24) is 4.86 Å². The van der Waals surface area contributed by atoms with Crippen molar-refractivity contribution in [2.24, 2.45) is 13.5 Å². The number of nitrogens with zero attached hydrogens (tertiary/aromatic N) is 3. The fraction of sp³-hybridized carbons (Fsp3) is 1.00. The van der Waals surface area contributed by atoms with E-state index in [9.17, 15) is 21.0 Å². The van der Waals surface area contributed by atoms with Gasteiger partial charge in [-0.25, -0.2) is 0 Å². The fourth-order valence-electron chi connectivity index (χ4n) is 0.940. The van der Waals surface area contributed by atoms with E-state index >= 15 is 0 Å². The number of rotatable bonds is 2. The van der Waals surface area contributed by atoms with E-state index in [-0.39, 0.29) is 0 Å². The normalized spacial score (nSPS) is 33.2. The van der Waals surface area contributed by atoms with Crippen LogP contribution >= 0.6 is 30.7 Å². The maximum atomic E-state index is 13.8. The number of hydrogen-bond acceptors (Lipinski definition) is 4. The van der Waals surface area contributed by atoms with Crippen molar-refractivity contribution >= 4 is 30.7 Å². The minimum atomic E-state index is -5.58. The second-order valence-corrected chi connectivity index (χ2v) is 14.5. The van der Waals surface area contributed by atoms with Crippen LogP contribution in [0.1, 0.15) is 0 Å². The Morgan fingerprint density at radius 3 is 1.62 bits per heavy atom. The quantitative estimate of drug-likeness (QED) is 0.504. The summed E-state index contributed by atoms with van der Waals surface area (Å²) in [5.74, 6) is 0.